The van der Waals surface area contributed by atoms with E-state index in [2.05, 4.69) is 41.5 Å². The molecule has 6 heteroatoms. The number of nitrogens with zero attached hydrogens (tertiary/aromatic N) is 2. The van der Waals surface area contributed by atoms with Gasteiger partial charge in [0.2, 0.25) is 0 Å². The van der Waals surface area contributed by atoms with Crippen LogP contribution in [0, 0.1) is 20.8 Å². The summed E-state index contributed by atoms with van der Waals surface area (Å²) >= 11 is 6.90. The molecule has 1 atom stereocenters. The first-order chi connectivity index (χ1) is 9.40. The number of aromatic nitrogens is 2. The Bertz CT molecular complexity index is 649. The molecule has 1 unspecified atom stereocenters. The molecule has 4 nitrogen and oxygen atoms in total. The molecule has 0 bridgehead atoms. The zero-order valence-corrected chi connectivity index (χ0v) is 13.7. The summed E-state index contributed by atoms with van der Waals surface area (Å²) in [5.74, 6) is 0.652. The molecular formula is C14H18N4S2. The molecule has 0 aromatic carbocycles. The minimum absolute atomic E-state index is 0.137. The summed E-state index contributed by atoms with van der Waals surface area (Å²) in [6.45, 7) is 8.05. The van der Waals surface area contributed by atoms with Crippen LogP contribution in [0.1, 0.15) is 39.5 Å². The van der Waals surface area contributed by atoms with Crippen molar-refractivity contribution in [3.63, 3.8) is 0 Å². The van der Waals surface area contributed by atoms with Gasteiger partial charge in [-0.2, -0.15) is 5.10 Å². The molecule has 2 aromatic rings. The fraction of sp³-hybridized carbons (Fsp3) is 0.357. The Balaban J connectivity index is 2.34. The molecule has 0 aliphatic carbocycles. The van der Waals surface area contributed by atoms with Crippen molar-refractivity contribution in [2.24, 2.45) is 5.73 Å². The third-order valence-corrected chi connectivity index (χ3v) is 4.63. The van der Waals surface area contributed by atoms with Crippen LogP contribution in [0.15, 0.2) is 12.1 Å². The lowest BCUT2D eigenvalue weighted by Crippen LogP contribution is -2.19. The van der Waals surface area contributed by atoms with E-state index < -0.39 is 0 Å². The van der Waals surface area contributed by atoms with Crippen molar-refractivity contribution in [2.45, 2.75) is 33.7 Å². The molecule has 0 fully saturated rings. The predicted octanol–water partition coefficient (Wildman–Crippen LogP) is 3.27. The highest BCUT2D eigenvalue weighted by Gasteiger charge is 2.16. The summed E-state index contributed by atoms with van der Waals surface area (Å²) in [7, 11) is 0. The molecule has 2 heterocycles. The quantitative estimate of drug-likeness (QED) is 0.849. The minimum Gasteiger partial charge on any atom is -0.389 e. The fourth-order valence-corrected chi connectivity index (χ4v) is 3.10. The highest BCUT2D eigenvalue weighted by Crippen LogP contribution is 2.27. The second-order valence-corrected chi connectivity index (χ2v) is 6.57. The van der Waals surface area contributed by atoms with Crippen molar-refractivity contribution >= 4 is 34.4 Å². The summed E-state index contributed by atoms with van der Waals surface area (Å²) < 4.78 is 0. The number of thiophene rings is 1. The van der Waals surface area contributed by atoms with E-state index in [1.54, 1.807) is 11.3 Å². The Morgan fingerprint density at radius 2 is 2.00 bits per heavy atom. The first-order valence-electron chi connectivity index (χ1n) is 6.36. The highest BCUT2D eigenvalue weighted by atomic mass is 32.1. The molecule has 2 rings (SSSR count). The van der Waals surface area contributed by atoms with Gasteiger partial charge in [0.15, 0.2) is 5.82 Å². The summed E-state index contributed by atoms with van der Waals surface area (Å²) in [4.78, 5) is 2.88. The Labute approximate surface area is 128 Å². The lowest BCUT2D eigenvalue weighted by molar-refractivity contribution is 0.866. The van der Waals surface area contributed by atoms with Crippen LogP contribution in [0.25, 0.3) is 0 Å². The number of hydrogen-bond acceptors (Lipinski definition) is 5. The highest BCUT2D eigenvalue weighted by molar-refractivity contribution is 7.80. The van der Waals surface area contributed by atoms with Crippen LogP contribution >= 0.6 is 23.6 Å². The molecule has 106 valence electrons. The Kier molecular flexibility index (Phi) is 4.35. The summed E-state index contributed by atoms with van der Waals surface area (Å²) in [6.07, 6.45) is 0. The van der Waals surface area contributed by atoms with E-state index in [0.29, 0.717) is 10.8 Å². The molecule has 0 radical (unpaired) electrons. The molecule has 0 aliphatic rings. The summed E-state index contributed by atoms with van der Waals surface area (Å²) in [5, 5.41) is 11.7. The van der Waals surface area contributed by atoms with E-state index in [1.807, 2.05) is 13.8 Å². The van der Waals surface area contributed by atoms with Gasteiger partial charge in [-0.1, -0.05) is 12.2 Å². The van der Waals surface area contributed by atoms with Gasteiger partial charge in [0.05, 0.1) is 17.3 Å². The largest absolute Gasteiger partial charge is 0.389 e. The minimum atomic E-state index is 0.137. The van der Waals surface area contributed by atoms with Crippen LogP contribution in [0.5, 0.6) is 0 Å². The van der Waals surface area contributed by atoms with Crippen molar-refractivity contribution in [2.75, 3.05) is 5.32 Å². The number of nitrogens with one attached hydrogen (secondary N) is 1. The van der Waals surface area contributed by atoms with Gasteiger partial charge in [-0.05, 0) is 45.4 Å². The van der Waals surface area contributed by atoms with Crippen LogP contribution < -0.4 is 11.1 Å². The number of rotatable bonds is 4. The first-order valence-corrected chi connectivity index (χ1v) is 7.59. The maximum atomic E-state index is 5.83. The zero-order chi connectivity index (χ0) is 14.9. The molecule has 0 saturated heterocycles. The lowest BCUT2D eigenvalue weighted by Gasteiger charge is -2.17. The number of thiocarbonyl (C=S) groups is 1. The SMILES string of the molecule is Cc1ccc(C(C)Nc2nnc(C)c(C)c2C(N)=S)s1. The summed E-state index contributed by atoms with van der Waals surface area (Å²) in [6, 6.07) is 4.36. The average Bonchev–Trinajstić information content (AvgIpc) is 2.80. The predicted molar refractivity (Wildman–Crippen MR) is 88.5 cm³/mol. The normalized spacial score (nSPS) is 12.2. The van der Waals surface area contributed by atoms with Crippen molar-refractivity contribution in [1.82, 2.24) is 10.2 Å². The molecule has 0 spiro atoms. The Morgan fingerprint density at radius 3 is 2.55 bits per heavy atom. The molecule has 0 saturated carbocycles. The van der Waals surface area contributed by atoms with Crippen LogP contribution in [0.2, 0.25) is 0 Å². The van der Waals surface area contributed by atoms with Crippen LogP contribution in [-0.4, -0.2) is 15.2 Å². The van der Waals surface area contributed by atoms with E-state index in [4.69, 9.17) is 18.0 Å². The molecule has 0 aliphatic heterocycles. The van der Waals surface area contributed by atoms with E-state index in [1.165, 1.54) is 9.75 Å². The van der Waals surface area contributed by atoms with Crippen molar-refractivity contribution in [3.05, 3.63) is 38.7 Å². The first kappa shape index (κ1) is 14.9. The van der Waals surface area contributed by atoms with Gasteiger partial charge in [-0.15, -0.1) is 16.4 Å². The third kappa shape index (κ3) is 2.96. The second kappa shape index (κ2) is 5.85. The number of nitrogens with two attached hydrogens (primary N) is 1. The summed E-state index contributed by atoms with van der Waals surface area (Å²) in [5.41, 5.74) is 8.44. The standard InChI is InChI=1S/C14H18N4S2/c1-7-5-6-11(20-7)10(4)16-14-12(13(15)19)8(2)9(3)17-18-14/h5-6,10H,1-4H3,(H2,15,19)(H,16,18). The fourth-order valence-electron chi connectivity index (χ4n) is 1.97. The van der Waals surface area contributed by atoms with Crippen molar-refractivity contribution in [3.8, 4) is 0 Å². The van der Waals surface area contributed by atoms with Gasteiger partial charge < -0.3 is 11.1 Å². The van der Waals surface area contributed by atoms with Gasteiger partial charge in [0.1, 0.15) is 4.99 Å². The lowest BCUT2D eigenvalue weighted by atomic mass is 10.1. The van der Waals surface area contributed by atoms with E-state index in [-0.39, 0.29) is 6.04 Å². The Morgan fingerprint density at radius 1 is 1.30 bits per heavy atom. The molecule has 3 N–H and O–H groups in total. The van der Waals surface area contributed by atoms with Crippen LogP contribution in [0.4, 0.5) is 5.82 Å². The van der Waals surface area contributed by atoms with Crippen molar-refractivity contribution in [1.29, 1.82) is 0 Å². The molecule has 2 aromatic heterocycles. The van der Waals surface area contributed by atoms with Crippen molar-refractivity contribution < 1.29 is 0 Å². The van der Waals surface area contributed by atoms with Gasteiger partial charge in [-0.25, -0.2) is 0 Å². The average molecular weight is 306 g/mol. The van der Waals surface area contributed by atoms with Crippen LogP contribution in [0.3, 0.4) is 0 Å². The second-order valence-electron chi connectivity index (χ2n) is 4.81. The maximum Gasteiger partial charge on any atom is 0.159 e. The third-order valence-electron chi connectivity index (χ3n) is 3.24. The Hall–Kier alpha value is -1.53. The molecular weight excluding hydrogens is 288 g/mol. The van der Waals surface area contributed by atoms with E-state index in [0.717, 1.165) is 16.8 Å². The number of aryl methyl sites for hydroxylation is 2. The smallest absolute Gasteiger partial charge is 0.159 e. The zero-order valence-electron chi connectivity index (χ0n) is 12.0. The van der Waals surface area contributed by atoms with Crippen LogP contribution in [-0.2, 0) is 0 Å². The number of anilines is 1. The molecule has 0 amide bonds. The monoisotopic (exact) mass is 306 g/mol. The topological polar surface area (TPSA) is 63.8 Å². The van der Waals surface area contributed by atoms with Gasteiger partial charge in [0, 0.05) is 9.75 Å². The molecule has 20 heavy (non-hydrogen) atoms. The van der Waals surface area contributed by atoms with Gasteiger partial charge in [-0.3, -0.25) is 0 Å². The van der Waals surface area contributed by atoms with E-state index >= 15 is 0 Å². The van der Waals surface area contributed by atoms with Gasteiger partial charge >= 0.3 is 0 Å². The number of hydrogen-bond donors (Lipinski definition) is 2. The maximum absolute atomic E-state index is 5.83. The van der Waals surface area contributed by atoms with E-state index in [9.17, 15) is 0 Å². The van der Waals surface area contributed by atoms with Gasteiger partial charge in [0.25, 0.3) is 0 Å².